The van der Waals surface area contributed by atoms with Crippen molar-refractivity contribution in [1.29, 1.82) is 0 Å². The van der Waals surface area contributed by atoms with Crippen molar-refractivity contribution in [3.05, 3.63) is 29.8 Å². The monoisotopic (exact) mass is 338 g/mol. The molecule has 2 rings (SSSR count). The lowest BCUT2D eigenvalue weighted by molar-refractivity contribution is 0.115. The van der Waals surface area contributed by atoms with Gasteiger partial charge in [0.05, 0.1) is 12.1 Å². The maximum atomic E-state index is 12.4. The van der Waals surface area contributed by atoms with Gasteiger partial charge < -0.3 is 15.3 Å². The predicted octanol–water partition coefficient (Wildman–Crippen LogP) is 2.43. The van der Waals surface area contributed by atoms with Crippen molar-refractivity contribution in [2.24, 2.45) is 0 Å². The topological polar surface area (TPSA) is 69.6 Å². The molecule has 0 bridgehead atoms. The molecule has 1 fully saturated rings. The Balaban J connectivity index is 1.94. The number of carbonyl (C=O) groups is 1. The molecule has 0 spiro atoms. The minimum absolute atomic E-state index is 0.0662. The highest BCUT2D eigenvalue weighted by atomic mass is 32.2. The Bertz CT molecular complexity index is 553. The largest absolute Gasteiger partial charge is 0.393 e. The summed E-state index contributed by atoms with van der Waals surface area (Å²) >= 11 is 0. The second kappa shape index (κ2) is 7.93. The second-order valence-electron chi connectivity index (χ2n) is 6.26. The molecule has 1 aliphatic carbocycles. The van der Waals surface area contributed by atoms with E-state index >= 15 is 0 Å². The lowest BCUT2D eigenvalue weighted by Gasteiger charge is -2.31. The van der Waals surface area contributed by atoms with E-state index in [1.807, 2.05) is 31.2 Å². The number of carbonyl (C=O) groups excluding carboxylic acids is 1. The molecule has 0 aromatic heterocycles. The number of aliphatic hydroxyl groups is 1. The van der Waals surface area contributed by atoms with E-state index in [0.717, 1.165) is 36.1 Å². The number of hydrogen-bond donors (Lipinski definition) is 2. The van der Waals surface area contributed by atoms with Crippen LogP contribution in [0.25, 0.3) is 0 Å². The van der Waals surface area contributed by atoms with E-state index in [1.54, 1.807) is 18.2 Å². The maximum absolute atomic E-state index is 12.4. The summed E-state index contributed by atoms with van der Waals surface area (Å²) in [6.45, 7) is 1.97. The summed E-state index contributed by atoms with van der Waals surface area (Å²) in [5.74, 6) is 0. The number of hydrogen-bond acceptors (Lipinski definition) is 3. The van der Waals surface area contributed by atoms with Gasteiger partial charge in [0, 0.05) is 35.0 Å². The lowest BCUT2D eigenvalue weighted by Crippen LogP contribution is -2.45. The van der Waals surface area contributed by atoms with Gasteiger partial charge in [-0.1, -0.05) is 12.1 Å². The molecule has 0 radical (unpaired) electrons. The fourth-order valence-electron chi connectivity index (χ4n) is 2.83. The average Bonchev–Trinajstić information content (AvgIpc) is 2.55. The molecular formula is C17H26N2O3S. The number of nitrogens with one attached hydrogen (secondary N) is 1. The molecule has 2 N–H and O–H groups in total. The standard InChI is InChI=1S/C17H26N2O3S/c1-12(13-4-10-16(11-5-13)23(3)22)19(2)17(21)18-14-6-8-15(20)9-7-14/h4-5,10-12,14-15,20H,6-9H2,1-3H3,(H,18,21). The molecule has 0 heterocycles. The summed E-state index contributed by atoms with van der Waals surface area (Å²) in [6.07, 6.45) is 4.58. The highest BCUT2D eigenvalue weighted by Gasteiger charge is 2.24. The third kappa shape index (κ3) is 4.78. The van der Waals surface area contributed by atoms with E-state index in [-0.39, 0.29) is 24.2 Å². The van der Waals surface area contributed by atoms with Gasteiger partial charge in [-0.15, -0.1) is 0 Å². The molecule has 2 atom stereocenters. The zero-order valence-corrected chi connectivity index (χ0v) is 14.8. The van der Waals surface area contributed by atoms with Crippen molar-refractivity contribution >= 4 is 16.8 Å². The van der Waals surface area contributed by atoms with Crippen LogP contribution in [0, 0.1) is 0 Å². The van der Waals surface area contributed by atoms with Gasteiger partial charge in [0.25, 0.3) is 0 Å². The molecule has 0 saturated heterocycles. The van der Waals surface area contributed by atoms with Gasteiger partial charge in [-0.25, -0.2) is 4.79 Å². The van der Waals surface area contributed by atoms with E-state index in [1.165, 1.54) is 0 Å². The Morgan fingerprint density at radius 2 is 1.83 bits per heavy atom. The summed E-state index contributed by atoms with van der Waals surface area (Å²) in [5, 5.41) is 12.6. The number of aliphatic hydroxyl groups excluding tert-OH is 1. The highest BCUT2D eigenvalue weighted by molar-refractivity contribution is 7.84. The van der Waals surface area contributed by atoms with Gasteiger partial charge in [-0.3, -0.25) is 4.21 Å². The van der Waals surface area contributed by atoms with Crippen LogP contribution in [0.1, 0.15) is 44.2 Å². The molecule has 128 valence electrons. The minimum Gasteiger partial charge on any atom is -0.393 e. The molecule has 0 aliphatic heterocycles. The molecule has 23 heavy (non-hydrogen) atoms. The Kier molecular flexibility index (Phi) is 6.18. The third-order valence-corrected chi connectivity index (χ3v) is 5.56. The fourth-order valence-corrected chi connectivity index (χ4v) is 3.35. The van der Waals surface area contributed by atoms with Crippen LogP contribution < -0.4 is 5.32 Å². The summed E-state index contributed by atoms with van der Waals surface area (Å²) in [7, 11) is 0.790. The Morgan fingerprint density at radius 1 is 1.26 bits per heavy atom. The predicted molar refractivity (Wildman–Crippen MR) is 91.7 cm³/mol. The van der Waals surface area contributed by atoms with Gasteiger partial charge in [0.15, 0.2) is 0 Å². The first-order valence-corrected chi connectivity index (χ1v) is 9.59. The molecule has 1 aliphatic rings. The fraction of sp³-hybridized carbons (Fsp3) is 0.588. The molecule has 1 aromatic rings. The molecule has 5 nitrogen and oxygen atoms in total. The van der Waals surface area contributed by atoms with Crippen LogP contribution in [-0.2, 0) is 10.8 Å². The number of rotatable bonds is 4. The maximum Gasteiger partial charge on any atom is 0.317 e. The molecule has 1 saturated carbocycles. The molecule has 2 amide bonds. The zero-order chi connectivity index (χ0) is 17.0. The van der Waals surface area contributed by atoms with E-state index in [9.17, 15) is 14.1 Å². The Labute approximate surface area is 140 Å². The van der Waals surface area contributed by atoms with Gasteiger partial charge >= 0.3 is 6.03 Å². The minimum atomic E-state index is -0.991. The van der Waals surface area contributed by atoms with Gasteiger partial charge in [-0.05, 0) is 50.3 Å². The summed E-state index contributed by atoms with van der Waals surface area (Å²) in [4.78, 5) is 14.9. The van der Waals surface area contributed by atoms with E-state index < -0.39 is 10.8 Å². The highest BCUT2D eigenvalue weighted by Crippen LogP contribution is 2.22. The summed E-state index contributed by atoms with van der Waals surface area (Å²) < 4.78 is 11.4. The smallest absolute Gasteiger partial charge is 0.317 e. The van der Waals surface area contributed by atoms with Crippen molar-refractivity contribution in [3.63, 3.8) is 0 Å². The second-order valence-corrected chi connectivity index (χ2v) is 7.64. The molecule has 2 unspecified atom stereocenters. The lowest BCUT2D eigenvalue weighted by atomic mass is 9.93. The van der Waals surface area contributed by atoms with Crippen LogP contribution in [0.15, 0.2) is 29.2 Å². The van der Waals surface area contributed by atoms with Gasteiger partial charge in [0.1, 0.15) is 0 Å². The first kappa shape index (κ1) is 17.9. The van der Waals surface area contributed by atoms with Crippen molar-refractivity contribution in [1.82, 2.24) is 10.2 Å². The van der Waals surface area contributed by atoms with Crippen molar-refractivity contribution in [2.45, 2.75) is 55.7 Å². The summed E-state index contributed by atoms with van der Waals surface area (Å²) in [6, 6.07) is 7.51. The van der Waals surface area contributed by atoms with Crippen molar-refractivity contribution < 1.29 is 14.1 Å². The van der Waals surface area contributed by atoms with Crippen LogP contribution >= 0.6 is 0 Å². The number of amides is 2. The number of nitrogens with zero attached hydrogens (tertiary/aromatic N) is 1. The zero-order valence-electron chi connectivity index (χ0n) is 14.0. The van der Waals surface area contributed by atoms with E-state index in [0.29, 0.717) is 0 Å². The quantitative estimate of drug-likeness (QED) is 0.886. The third-order valence-electron chi connectivity index (χ3n) is 4.62. The number of benzene rings is 1. The Morgan fingerprint density at radius 3 is 2.35 bits per heavy atom. The van der Waals surface area contributed by atoms with E-state index in [4.69, 9.17) is 0 Å². The van der Waals surface area contributed by atoms with Gasteiger partial charge in [-0.2, -0.15) is 0 Å². The molecular weight excluding hydrogens is 312 g/mol. The average molecular weight is 338 g/mol. The van der Waals surface area contributed by atoms with E-state index in [2.05, 4.69) is 5.32 Å². The van der Waals surface area contributed by atoms with Crippen LogP contribution in [0.5, 0.6) is 0 Å². The van der Waals surface area contributed by atoms with Crippen molar-refractivity contribution in [2.75, 3.05) is 13.3 Å². The SMILES string of the molecule is CC(c1ccc(S(C)=O)cc1)N(C)C(=O)NC1CCC(O)CC1. The summed E-state index contributed by atoms with van der Waals surface area (Å²) in [5.41, 5.74) is 1.01. The van der Waals surface area contributed by atoms with Crippen LogP contribution in [0.3, 0.4) is 0 Å². The van der Waals surface area contributed by atoms with Crippen molar-refractivity contribution in [3.8, 4) is 0 Å². The Hall–Kier alpha value is -1.40. The van der Waals surface area contributed by atoms with Crippen LogP contribution in [0.2, 0.25) is 0 Å². The van der Waals surface area contributed by atoms with Crippen LogP contribution in [-0.4, -0.2) is 45.7 Å². The van der Waals surface area contributed by atoms with Crippen LogP contribution in [0.4, 0.5) is 4.79 Å². The van der Waals surface area contributed by atoms with Gasteiger partial charge in [0.2, 0.25) is 0 Å². The number of urea groups is 1. The molecule has 6 heteroatoms. The normalized spacial score (nSPS) is 23.8. The first-order chi connectivity index (χ1) is 10.9. The first-order valence-electron chi connectivity index (χ1n) is 8.03. The molecule has 1 aromatic carbocycles.